The molecule has 3 rings (SSSR count). The molecule has 0 radical (unpaired) electrons. The number of rotatable bonds is 4. The Morgan fingerprint density at radius 1 is 1.12 bits per heavy atom. The highest BCUT2D eigenvalue weighted by Gasteiger charge is 2.19. The van der Waals surface area contributed by atoms with E-state index in [1.54, 1.807) is 43.3 Å². The average Bonchev–Trinajstić information content (AvgIpc) is 3.07. The molecule has 0 saturated carbocycles. The van der Waals surface area contributed by atoms with E-state index in [1.807, 2.05) is 0 Å². The Bertz CT molecular complexity index is 847. The number of pyridine rings is 1. The third kappa shape index (κ3) is 3.69. The highest BCUT2D eigenvalue weighted by atomic mass is 35.5. The second-order valence-corrected chi connectivity index (χ2v) is 5.84. The molecule has 1 amide bonds. The fourth-order valence-electron chi connectivity index (χ4n) is 1.89. The largest absolute Gasteiger partial charge is 0.309 e. The highest BCUT2D eigenvalue weighted by Crippen LogP contribution is 2.18. The summed E-state index contributed by atoms with van der Waals surface area (Å²) in [5.74, 6) is 0.495. The fourth-order valence-corrected chi connectivity index (χ4v) is 2.13. The van der Waals surface area contributed by atoms with Gasteiger partial charge < -0.3 is 5.32 Å². The quantitative estimate of drug-likeness (QED) is 0.769. The second-order valence-electron chi connectivity index (χ2n) is 4.97. The minimum Gasteiger partial charge on any atom is -0.309 e. The van der Waals surface area contributed by atoms with Gasteiger partial charge in [0.1, 0.15) is 11.9 Å². The summed E-state index contributed by atoms with van der Waals surface area (Å²) >= 11 is 11.6. The summed E-state index contributed by atoms with van der Waals surface area (Å²) in [5, 5.41) is 15.9. The van der Waals surface area contributed by atoms with Gasteiger partial charge in [-0.25, -0.2) is 4.98 Å². The number of nitrogens with zero attached hydrogens (tertiary/aromatic N) is 5. The summed E-state index contributed by atoms with van der Waals surface area (Å²) in [6.45, 7) is 1.67. The Morgan fingerprint density at radius 3 is 2.50 bits per heavy atom. The molecule has 0 spiro atoms. The molecule has 0 fully saturated rings. The van der Waals surface area contributed by atoms with Crippen LogP contribution in [0.25, 0.3) is 11.4 Å². The second kappa shape index (κ2) is 6.94. The molecule has 0 saturated heterocycles. The van der Waals surface area contributed by atoms with Gasteiger partial charge in [-0.1, -0.05) is 23.2 Å². The first kappa shape index (κ1) is 16.4. The van der Waals surface area contributed by atoms with Gasteiger partial charge in [-0.3, -0.25) is 4.79 Å². The number of carbonyl (C=O) groups excluding carboxylic acids is 1. The molecular formula is C15H12Cl2N6O. The number of hydrogen-bond donors (Lipinski definition) is 1. The first-order valence-electron chi connectivity index (χ1n) is 7.01. The molecular weight excluding hydrogens is 351 g/mol. The standard InChI is InChI=1S/C15H12Cl2N6O/c1-9(15(24)19-13-7-6-12(17)8-18-13)23-21-14(20-22-23)10-2-4-11(16)5-3-10/h2-9H,1H3,(H,18,19,24)/t9-/m1/s1. The molecule has 0 bridgehead atoms. The van der Waals surface area contributed by atoms with Gasteiger partial charge in [-0.05, 0) is 48.5 Å². The summed E-state index contributed by atoms with van der Waals surface area (Å²) < 4.78 is 0. The molecule has 1 atom stereocenters. The van der Waals surface area contributed by atoms with Crippen molar-refractivity contribution >= 4 is 34.9 Å². The lowest BCUT2D eigenvalue weighted by Crippen LogP contribution is -2.25. The van der Waals surface area contributed by atoms with Crippen molar-refractivity contribution in [1.29, 1.82) is 0 Å². The molecule has 2 heterocycles. The molecule has 9 heteroatoms. The van der Waals surface area contributed by atoms with E-state index >= 15 is 0 Å². The van der Waals surface area contributed by atoms with Crippen molar-refractivity contribution in [2.75, 3.05) is 5.32 Å². The van der Waals surface area contributed by atoms with Crippen LogP contribution in [0, 0.1) is 0 Å². The monoisotopic (exact) mass is 362 g/mol. The Labute approximate surface area is 147 Å². The van der Waals surface area contributed by atoms with Gasteiger partial charge in [0.15, 0.2) is 0 Å². The molecule has 122 valence electrons. The summed E-state index contributed by atoms with van der Waals surface area (Å²) in [6.07, 6.45) is 1.45. The van der Waals surface area contributed by atoms with Gasteiger partial charge in [0.25, 0.3) is 5.91 Å². The van der Waals surface area contributed by atoms with E-state index in [-0.39, 0.29) is 5.91 Å². The average molecular weight is 363 g/mol. The third-order valence-corrected chi connectivity index (χ3v) is 3.71. The molecule has 2 aromatic heterocycles. The molecule has 7 nitrogen and oxygen atoms in total. The van der Waals surface area contributed by atoms with Crippen molar-refractivity contribution in [3.8, 4) is 11.4 Å². The van der Waals surface area contributed by atoms with Gasteiger partial charge in [-0.15, -0.1) is 10.2 Å². The number of hydrogen-bond acceptors (Lipinski definition) is 5. The van der Waals surface area contributed by atoms with Gasteiger partial charge in [-0.2, -0.15) is 4.80 Å². The molecule has 0 unspecified atom stereocenters. The van der Waals surface area contributed by atoms with Crippen molar-refractivity contribution in [3.63, 3.8) is 0 Å². The van der Waals surface area contributed by atoms with E-state index in [1.165, 1.54) is 11.0 Å². The van der Waals surface area contributed by atoms with Gasteiger partial charge >= 0.3 is 0 Å². The van der Waals surface area contributed by atoms with Crippen molar-refractivity contribution in [3.05, 3.63) is 52.6 Å². The molecule has 3 aromatic rings. The van der Waals surface area contributed by atoms with Crippen molar-refractivity contribution in [1.82, 2.24) is 25.2 Å². The Morgan fingerprint density at radius 2 is 1.83 bits per heavy atom. The Kier molecular flexibility index (Phi) is 4.73. The summed E-state index contributed by atoms with van der Waals surface area (Å²) in [7, 11) is 0. The van der Waals surface area contributed by atoms with Crippen LogP contribution in [0.1, 0.15) is 13.0 Å². The highest BCUT2D eigenvalue weighted by molar-refractivity contribution is 6.30. The first-order valence-corrected chi connectivity index (χ1v) is 7.76. The molecule has 24 heavy (non-hydrogen) atoms. The topological polar surface area (TPSA) is 85.6 Å². The molecule has 0 aliphatic rings. The van der Waals surface area contributed by atoms with E-state index in [0.717, 1.165) is 5.56 Å². The minimum atomic E-state index is -0.656. The number of amides is 1. The molecule has 1 aromatic carbocycles. The van der Waals surface area contributed by atoms with Crippen LogP contribution in [-0.4, -0.2) is 31.1 Å². The maximum absolute atomic E-state index is 12.3. The van der Waals surface area contributed by atoms with Crippen LogP contribution in [-0.2, 0) is 4.79 Å². The van der Waals surface area contributed by atoms with E-state index in [0.29, 0.717) is 21.7 Å². The van der Waals surface area contributed by atoms with E-state index < -0.39 is 6.04 Å². The zero-order valence-corrected chi connectivity index (χ0v) is 14.0. The van der Waals surface area contributed by atoms with Gasteiger partial charge in [0.2, 0.25) is 5.82 Å². The zero-order valence-electron chi connectivity index (χ0n) is 12.5. The Hall–Kier alpha value is -2.51. The Balaban J connectivity index is 1.73. The number of anilines is 1. The van der Waals surface area contributed by atoms with Crippen molar-refractivity contribution in [2.24, 2.45) is 0 Å². The number of aromatic nitrogens is 5. The zero-order chi connectivity index (χ0) is 17.1. The normalized spacial score (nSPS) is 12.0. The molecule has 0 aliphatic carbocycles. The van der Waals surface area contributed by atoms with Crippen LogP contribution in [0.15, 0.2) is 42.6 Å². The maximum Gasteiger partial charge on any atom is 0.252 e. The van der Waals surface area contributed by atoms with Crippen molar-refractivity contribution < 1.29 is 4.79 Å². The minimum absolute atomic E-state index is 0.315. The van der Waals surface area contributed by atoms with Crippen LogP contribution in [0.3, 0.4) is 0 Å². The lowest BCUT2D eigenvalue weighted by Gasteiger charge is -2.10. The predicted octanol–water partition coefficient (Wildman–Crippen LogP) is 3.24. The number of carbonyl (C=O) groups is 1. The lowest BCUT2D eigenvalue weighted by molar-refractivity contribution is -0.119. The summed E-state index contributed by atoms with van der Waals surface area (Å²) in [5.41, 5.74) is 0.762. The van der Waals surface area contributed by atoms with Gasteiger partial charge in [0.05, 0.1) is 5.02 Å². The summed E-state index contributed by atoms with van der Waals surface area (Å²) in [6, 6.07) is 9.64. The van der Waals surface area contributed by atoms with E-state index in [2.05, 4.69) is 25.7 Å². The van der Waals surface area contributed by atoms with Gasteiger partial charge in [0, 0.05) is 16.8 Å². The third-order valence-electron chi connectivity index (χ3n) is 3.24. The van der Waals surface area contributed by atoms with Crippen LogP contribution in [0.4, 0.5) is 5.82 Å². The maximum atomic E-state index is 12.3. The first-order chi connectivity index (χ1) is 11.5. The number of halogens is 2. The van der Waals surface area contributed by atoms with Crippen molar-refractivity contribution in [2.45, 2.75) is 13.0 Å². The SMILES string of the molecule is C[C@H](C(=O)Nc1ccc(Cl)cn1)n1nnc(-c2ccc(Cl)cc2)n1. The van der Waals surface area contributed by atoms with Crippen LogP contribution < -0.4 is 5.32 Å². The lowest BCUT2D eigenvalue weighted by atomic mass is 10.2. The van der Waals surface area contributed by atoms with Crippen LogP contribution in [0.2, 0.25) is 10.0 Å². The number of nitrogens with one attached hydrogen (secondary N) is 1. The summed E-state index contributed by atoms with van der Waals surface area (Å²) in [4.78, 5) is 17.5. The number of tetrazole rings is 1. The fraction of sp³-hybridized carbons (Fsp3) is 0.133. The van der Waals surface area contributed by atoms with Crippen LogP contribution in [0.5, 0.6) is 0 Å². The van der Waals surface area contributed by atoms with E-state index in [4.69, 9.17) is 23.2 Å². The predicted molar refractivity (Wildman–Crippen MR) is 90.9 cm³/mol. The van der Waals surface area contributed by atoms with E-state index in [9.17, 15) is 4.79 Å². The smallest absolute Gasteiger partial charge is 0.252 e. The molecule has 1 N–H and O–H groups in total. The molecule has 0 aliphatic heterocycles. The van der Waals surface area contributed by atoms with Crippen LogP contribution >= 0.6 is 23.2 Å². The number of benzene rings is 1.